The molecule has 96 valence electrons. The van der Waals surface area contributed by atoms with Gasteiger partial charge in [0.1, 0.15) is 10.7 Å². The summed E-state index contributed by atoms with van der Waals surface area (Å²) in [7, 11) is -3.85. The van der Waals surface area contributed by atoms with Gasteiger partial charge in [-0.3, -0.25) is 4.98 Å². The third kappa shape index (κ3) is 3.14. The Bertz CT molecular complexity index is 644. The molecule has 0 radical (unpaired) electrons. The number of aromatic nitrogens is 1. The van der Waals surface area contributed by atoms with Crippen LogP contribution in [0.4, 0.5) is 4.39 Å². The summed E-state index contributed by atoms with van der Waals surface area (Å²) in [6.45, 7) is 0.0997. The molecule has 0 amide bonds. The minimum Gasteiger partial charge on any atom is -0.253 e. The summed E-state index contributed by atoms with van der Waals surface area (Å²) in [4.78, 5) is 4.22. The van der Waals surface area contributed by atoms with E-state index in [9.17, 15) is 12.8 Å². The second kappa shape index (κ2) is 5.43. The Hall–Kier alpha value is -0.830. The summed E-state index contributed by atoms with van der Waals surface area (Å²) < 4.78 is 40.1. The SMILES string of the molecule is O=S(=O)(NCc1cncs1)c1ccc(Br)cc1F. The Morgan fingerprint density at radius 2 is 2.22 bits per heavy atom. The van der Waals surface area contributed by atoms with E-state index in [4.69, 9.17) is 0 Å². The quantitative estimate of drug-likeness (QED) is 0.921. The third-order valence-electron chi connectivity index (χ3n) is 2.10. The Labute approximate surface area is 116 Å². The molecular weight excluding hydrogens is 343 g/mol. The molecule has 0 saturated carbocycles. The van der Waals surface area contributed by atoms with E-state index in [1.807, 2.05) is 0 Å². The monoisotopic (exact) mass is 350 g/mol. The lowest BCUT2D eigenvalue weighted by atomic mass is 10.3. The van der Waals surface area contributed by atoms with Crippen LogP contribution in [0.15, 0.2) is 39.3 Å². The van der Waals surface area contributed by atoms with Crippen molar-refractivity contribution in [1.82, 2.24) is 9.71 Å². The predicted molar refractivity (Wildman–Crippen MR) is 70.2 cm³/mol. The Balaban J connectivity index is 2.20. The van der Waals surface area contributed by atoms with Gasteiger partial charge < -0.3 is 0 Å². The average molecular weight is 351 g/mol. The third-order valence-corrected chi connectivity index (χ3v) is 4.81. The number of sulfonamides is 1. The highest BCUT2D eigenvalue weighted by atomic mass is 79.9. The van der Waals surface area contributed by atoms with E-state index in [2.05, 4.69) is 25.6 Å². The van der Waals surface area contributed by atoms with Gasteiger partial charge in [-0.2, -0.15) is 0 Å². The summed E-state index contributed by atoms with van der Waals surface area (Å²) in [6.07, 6.45) is 1.56. The molecule has 1 heterocycles. The van der Waals surface area contributed by atoms with E-state index in [0.29, 0.717) is 4.47 Å². The number of hydrogen-bond acceptors (Lipinski definition) is 4. The second-order valence-corrected chi connectivity index (χ2v) is 6.99. The van der Waals surface area contributed by atoms with E-state index in [1.165, 1.54) is 23.5 Å². The van der Waals surface area contributed by atoms with E-state index in [0.717, 1.165) is 10.9 Å². The van der Waals surface area contributed by atoms with Crippen LogP contribution in [0.3, 0.4) is 0 Å². The van der Waals surface area contributed by atoms with Gasteiger partial charge in [0.25, 0.3) is 0 Å². The van der Waals surface area contributed by atoms with Gasteiger partial charge in [-0.05, 0) is 18.2 Å². The molecule has 0 aliphatic carbocycles. The summed E-state index contributed by atoms with van der Waals surface area (Å²) in [5, 5.41) is 0. The van der Waals surface area contributed by atoms with Gasteiger partial charge in [0.05, 0.1) is 5.51 Å². The molecule has 0 atom stereocenters. The number of hydrogen-bond donors (Lipinski definition) is 1. The van der Waals surface area contributed by atoms with Crippen molar-refractivity contribution in [2.45, 2.75) is 11.4 Å². The van der Waals surface area contributed by atoms with Gasteiger partial charge >= 0.3 is 0 Å². The molecule has 0 aliphatic rings. The lowest BCUT2D eigenvalue weighted by Crippen LogP contribution is -2.23. The topological polar surface area (TPSA) is 59.1 Å². The summed E-state index contributed by atoms with van der Waals surface area (Å²) in [6, 6.07) is 3.81. The van der Waals surface area contributed by atoms with E-state index in [-0.39, 0.29) is 11.4 Å². The van der Waals surface area contributed by atoms with Gasteiger partial charge in [0.15, 0.2) is 0 Å². The molecule has 1 aromatic heterocycles. The van der Waals surface area contributed by atoms with Crippen LogP contribution in [0.1, 0.15) is 4.88 Å². The fraction of sp³-hybridized carbons (Fsp3) is 0.100. The highest BCUT2D eigenvalue weighted by Gasteiger charge is 2.18. The van der Waals surface area contributed by atoms with Crippen LogP contribution < -0.4 is 4.72 Å². The molecule has 2 rings (SSSR count). The van der Waals surface area contributed by atoms with Gasteiger partial charge in [-0.25, -0.2) is 17.5 Å². The van der Waals surface area contributed by atoms with Gasteiger partial charge in [0, 0.05) is 22.1 Å². The van der Waals surface area contributed by atoms with Crippen molar-refractivity contribution in [2.75, 3.05) is 0 Å². The van der Waals surface area contributed by atoms with Crippen LogP contribution in [0.5, 0.6) is 0 Å². The Kier molecular flexibility index (Phi) is 4.10. The number of rotatable bonds is 4. The zero-order valence-electron chi connectivity index (χ0n) is 8.93. The van der Waals surface area contributed by atoms with Crippen LogP contribution in [0.25, 0.3) is 0 Å². The van der Waals surface area contributed by atoms with E-state index < -0.39 is 15.8 Å². The maximum absolute atomic E-state index is 13.6. The first-order chi connectivity index (χ1) is 8.49. The normalized spacial score (nSPS) is 11.7. The van der Waals surface area contributed by atoms with Crippen LogP contribution in [0.2, 0.25) is 0 Å². The molecule has 18 heavy (non-hydrogen) atoms. The fourth-order valence-electron chi connectivity index (χ4n) is 1.27. The van der Waals surface area contributed by atoms with Crippen LogP contribution in [-0.4, -0.2) is 13.4 Å². The summed E-state index contributed by atoms with van der Waals surface area (Å²) >= 11 is 4.40. The molecule has 4 nitrogen and oxygen atoms in total. The van der Waals surface area contributed by atoms with Crippen molar-refractivity contribution in [1.29, 1.82) is 0 Å². The highest BCUT2D eigenvalue weighted by Crippen LogP contribution is 2.19. The smallest absolute Gasteiger partial charge is 0.243 e. The molecule has 0 fully saturated rings. The van der Waals surface area contributed by atoms with Crippen molar-refractivity contribution in [3.05, 3.63) is 45.1 Å². The van der Waals surface area contributed by atoms with Crippen molar-refractivity contribution in [3.63, 3.8) is 0 Å². The van der Waals surface area contributed by atoms with Gasteiger partial charge in [-0.15, -0.1) is 11.3 Å². The largest absolute Gasteiger partial charge is 0.253 e. The Morgan fingerprint density at radius 1 is 1.44 bits per heavy atom. The van der Waals surface area contributed by atoms with Crippen LogP contribution >= 0.6 is 27.3 Å². The molecule has 1 N–H and O–H groups in total. The molecule has 0 saturated heterocycles. The maximum atomic E-state index is 13.6. The fourth-order valence-corrected chi connectivity index (χ4v) is 3.29. The molecule has 0 unspecified atom stereocenters. The van der Waals surface area contributed by atoms with Crippen molar-refractivity contribution < 1.29 is 12.8 Å². The molecule has 0 aliphatic heterocycles. The van der Waals surface area contributed by atoms with Crippen molar-refractivity contribution in [3.8, 4) is 0 Å². The highest BCUT2D eigenvalue weighted by molar-refractivity contribution is 9.10. The summed E-state index contributed by atoms with van der Waals surface area (Å²) in [5.41, 5.74) is 1.60. The summed E-state index contributed by atoms with van der Waals surface area (Å²) in [5.74, 6) is -0.791. The number of nitrogens with one attached hydrogen (secondary N) is 1. The van der Waals surface area contributed by atoms with Gasteiger partial charge in [-0.1, -0.05) is 15.9 Å². The Morgan fingerprint density at radius 3 is 2.83 bits per heavy atom. The predicted octanol–water partition coefficient (Wildman–Crippen LogP) is 2.52. The lowest BCUT2D eigenvalue weighted by Gasteiger charge is -2.06. The average Bonchev–Trinajstić information content (AvgIpc) is 2.78. The van der Waals surface area contributed by atoms with E-state index >= 15 is 0 Å². The minimum absolute atomic E-state index is 0.0997. The van der Waals surface area contributed by atoms with Gasteiger partial charge in [0.2, 0.25) is 10.0 Å². The first-order valence-corrected chi connectivity index (χ1v) is 7.97. The van der Waals surface area contributed by atoms with Crippen molar-refractivity contribution >= 4 is 37.3 Å². The first-order valence-electron chi connectivity index (χ1n) is 4.81. The zero-order chi connectivity index (χ0) is 13.2. The minimum atomic E-state index is -3.85. The molecular formula is C10H8BrFN2O2S2. The molecule has 8 heteroatoms. The van der Waals surface area contributed by atoms with Crippen LogP contribution in [0, 0.1) is 5.82 Å². The number of thiazole rings is 1. The van der Waals surface area contributed by atoms with Crippen molar-refractivity contribution in [2.24, 2.45) is 0 Å². The lowest BCUT2D eigenvalue weighted by molar-refractivity contribution is 0.556. The number of halogens is 2. The van der Waals surface area contributed by atoms with E-state index in [1.54, 1.807) is 11.7 Å². The standard InChI is InChI=1S/C10H8BrFN2O2S2/c11-7-1-2-10(9(12)3-7)18(15,16)14-5-8-4-13-6-17-8/h1-4,6,14H,5H2. The molecule has 0 spiro atoms. The zero-order valence-corrected chi connectivity index (χ0v) is 12.1. The second-order valence-electron chi connectivity index (χ2n) is 3.37. The van der Waals surface area contributed by atoms with Crippen LogP contribution in [-0.2, 0) is 16.6 Å². The number of benzene rings is 1. The number of nitrogens with zero attached hydrogens (tertiary/aromatic N) is 1. The molecule has 0 bridgehead atoms. The molecule has 1 aromatic carbocycles. The first kappa shape index (κ1) is 13.6. The molecule has 2 aromatic rings. The maximum Gasteiger partial charge on any atom is 0.243 e.